The van der Waals surface area contributed by atoms with Crippen LogP contribution >= 0.6 is 0 Å². The van der Waals surface area contributed by atoms with Crippen LogP contribution in [-0.2, 0) is 0 Å². The molecule has 50 heavy (non-hydrogen) atoms. The second-order valence-corrected chi connectivity index (χ2v) is 12.6. The Morgan fingerprint density at radius 2 is 1.10 bits per heavy atom. The number of hydrogen-bond acceptors (Lipinski definition) is 5. The van der Waals surface area contributed by atoms with Crippen LogP contribution in [-0.4, -0.2) is 24.9 Å². The third-order valence-corrected chi connectivity index (χ3v) is 9.65. The molecule has 0 spiro atoms. The summed E-state index contributed by atoms with van der Waals surface area (Å²) in [6.45, 7) is 0. The maximum absolute atomic E-state index is 5.10. The summed E-state index contributed by atoms with van der Waals surface area (Å²) in [7, 11) is 0. The van der Waals surface area contributed by atoms with Crippen molar-refractivity contribution in [2.45, 2.75) is 0 Å². The molecule has 0 saturated heterocycles. The predicted molar refractivity (Wildman–Crippen MR) is 205 cm³/mol. The molecule has 5 heteroatoms. The van der Waals surface area contributed by atoms with Crippen molar-refractivity contribution in [2.24, 2.45) is 0 Å². The van der Waals surface area contributed by atoms with Crippen molar-refractivity contribution >= 4 is 54.4 Å². The molecule has 5 aromatic heterocycles. The molecule has 10 aromatic rings. The SMILES string of the molecule is c1cc(-c2ccc3ccc(-c4ccc5nc(-c6ccc(-c7ccnc8c7ccc7cccnc78)cc6)ccc5c4)cc3n2)c2ccncc2c1. The molecule has 0 bridgehead atoms. The number of nitrogens with zero attached hydrogens (tertiary/aromatic N) is 5. The van der Waals surface area contributed by atoms with Gasteiger partial charge in [0.15, 0.2) is 0 Å². The zero-order valence-corrected chi connectivity index (χ0v) is 26.8. The molecule has 0 aliphatic rings. The maximum Gasteiger partial charge on any atom is 0.0970 e. The van der Waals surface area contributed by atoms with E-state index in [0.717, 1.165) is 99.2 Å². The Morgan fingerprint density at radius 1 is 0.360 bits per heavy atom. The van der Waals surface area contributed by atoms with Crippen LogP contribution < -0.4 is 0 Å². The van der Waals surface area contributed by atoms with E-state index in [4.69, 9.17) is 9.97 Å². The minimum absolute atomic E-state index is 0.920. The third-order valence-electron chi connectivity index (χ3n) is 9.65. The van der Waals surface area contributed by atoms with Gasteiger partial charge in [0.05, 0.1) is 33.5 Å². The number of rotatable bonds is 4. The fourth-order valence-electron chi connectivity index (χ4n) is 7.08. The van der Waals surface area contributed by atoms with E-state index in [1.54, 1.807) is 0 Å². The molecule has 5 aromatic carbocycles. The van der Waals surface area contributed by atoms with Crippen LogP contribution in [0.3, 0.4) is 0 Å². The van der Waals surface area contributed by atoms with E-state index >= 15 is 0 Å². The second kappa shape index (κ2) is 11.4. The van der Waals surface area contributed by atoms with Gasteiger partial charge in [0.1, 0.15) is 0 Å². The predicted octanol–water partition coefficient (Wildman–Crippen LogP) is 11.1. The Bertz CT molecular complexity index is 2930. The lowest BCUT2D eigenvalue weighted by atomic mass is 9.98. The number of hydrogen-bond donors (Lipinski definition) is 0. The average molecular weight is 638 g/mol. The van der Waals surface area contributed by atoms with Gasteiger partial charge in [-0.25, -0.2) is 9.97 Å². The van der Waals surface area contributed by atoms with E-state index in [9.17, 15) is 0 Å². The maximum atomic E-state index is 5.10. The first-order valence-corrected chi connectivity index (χ1v) is 16.6. The lowest BCUT2D eigenvalue weighted by Gasteiger charge is -2.10. The van der Waals surface area contributed by atoms with Gasteiger partial charge in [-0.05, 0) is 76.2 Å². The lowest BCUT2D eigenvalue weighted by Crippen LogP contribution is -1.90. The van der Waals surface area contributed by atoms with Gasteiger partial charge in [0.2, 0.25) is 0 Å². The summed E-state index contributed by atoms with van der Waals surface area (Å²) in [5.41, 5.74) is 12.4. The third kappa shape index (κ3) is 4.75. The van der Waals surface area contributed by atoms with E-state index in [2.05, 4.69) is 148 Å². The van der Waals surface area contributed by atoms with E-state index in [-0.39, 0.29) is 0 Å². The zero-order chi connectivity index (χ0) is 33.0. The first-order valence-electron chi connectivity index (χ1n) is 16.6. The summed E-state index contributed by atoms with van der Waals surface area (Å²) in [5, 5.41) is 6.65. The van der Waals surface area contributed by atoms with Crippen LogP contribution in [0.5, 0.6) is 0 Å². The van der Waals surface area contributed by atoms with E-state index in [1.165, 1.54) is 0 Å². The van der Waals surface area contributed by atoms with E-state index < -0.39 is 0 Å². The molecule has 0 fully saturated rings. The molecule has 5 heterocycles. The quantitative estimate of drug-likeness (QED) is 0.180. The van der Waals surface area contributed by atoms with Crippen LogP contribution in [0.4, 0.5) is 0 Å². The smallest absolute Gasteiger partial charge is 0.0970 e. The molecule has 10 rings (SSSR count). The van der Waals surface area contributed by atoms with E-state index in [1.807, 2.05) is 30.9 Å². The Labute approximate surface area is 287 Å². The monoisotopic (exact) mass is 637 g/mol. The largest absolute Gasteiger partial charge is 0.264 e. The average Bonchev–Trinajstić information content (AvgIpc) is 3.19. The first kappa shape index (κ1) is 28.2. The minimum Gasteiger partial charge on any atom is -0.264 e. The molecular formula is C45H27N5. The summed E-state index contributed by atoms with van der Waals surface area (Å²) >= 11 is 0. The van der Waals surface area contributed by atoms with Gasteiger partial charge in [-0.1, -0.05) is 91.0 Å². The molecule has 0 saturated carbocycles. The summed E-state index contributed by atoms with van der Waals surface area (Å²) in [6, 6.07) is 48.8. The van der Waals surface area contributed by atoms with Gasteiger partial charge in [-0.2, -0.15) is 0 Å². The normalized spacial score (nSPS) is 11.6. The molecule has 0 aliphatic heterocycles. The fourth-order valence-corrected chi connectivity index (χ4v) is 7.08. The van der Waals surface area contributed by atoms with Gasteiger partial charge >= 0.3 is 0 Å². The summed E-state index contributed by atoms with van der Waals surface area (Å²) in [5.74, 6) is 0. The van der Waals surface area contributed by atoms with Crippen molar-refractivity contribution in [3.63, 3.8) is 0 Å². The summed E-state index contributed by atoms with van der Waals surface area (Å²) in [6.07, 6.45) is 7.43. The van der Waals surface area contributed by atoms with Crippen molar-refractivity contribution in [3.05, 3.63) is 164 Å². The van der Waals surface area contributed by atoms with Crippen LogP contribution in [0, 0.1) is 0 Å². The fraction of sp³-hybridized carbons (Fsp3) is 0. The lowest BCUT2D eigenvalue weighted by molar-refractivity contribution is 1.36. The molecule has 0 N–H and O–H groups in total. The van der Waals surface area contributed by atoms with Crippen molar-refractivity contribution in [1.82, 2.24) is 24.9 Å². The molecule has 5 nitrogen and oxygen atoms in total. The number of fused-ring (bicyclic) bond motifs is 6. The van der Waals surface area contributed by atoms with Gasteiger partial charge in [0.25, 0.3) is 0 Å². The van der Waals surface area contributed by atoms with Gasteiger partial charge < -0.3 is 0 Å². The Morgan fingerprint density at radius 3 is 2.06 bits per heavy atom. The molecule has 0 radical (unpaired) electrons. The zero-order valence-electron chi connectivity index (χ0n) is 26.8. The number of aromatic nitrogens is 5. The minimum atomic E-state index is 0.920. The van der Waals surface area contributed by atoms with Crippen molar-refractivity contribution < 1.29 is 0 Å². The molecule has 0 amide bonds. The van der Waals surface area contributed by atoms with Crippen molar-refractivity contribution in [2.75, 3.05) is 0 Å². The van der Waals surface area contributed by atoms with Crippen molar-refractivity contribution in [1.29, 1.82) is 0 Å². The molecule has 0 aliphatic carbocycles. The molecular weight excluding hydrogens is 611 g/mol. The Hall–Kier alpha value is -6.85. The van der Waals surface area contributed by atoms with Crippen LogP contribution in [0.25, 0.3) is 99.2 Å². The highest BCUT2D eigenvalue weighted by Gasteiger charge is 2.11. The van der Waals surface area contributed by atoms with Gasteiger partial charge in [-0.15, -0.1) is 0 Å². The highest BCUT2D eigenvalue weighted by molar-refractivity contribution is 6.08. The van der Waals surface area contributed by atoms with Crippen LogP contribution in [0.15, 0.2) is 164 Å². The highest BCUT2D eigenvalue weighted by Crippen LogP contribution is 2.34. The Balaban J connectivity index is 0.957. The van der Waals surface area contributed by atoms with Gasteiger partial charge in [-0.3, -0.25) is 15.0 Å². The highest BCUT2D eigenvalue weighted by atomic mass is 14.7. The van der Waals surface area contributed by atoms with Crippen LogP contribution in [0.2, 0.25) is 0 Å². The second-order valence-electron chi connectivity index (χ2n) is 12.6. The topological polar surface area (TPSA) is 64.5 Å². The van der Waals surface area contributed by atoms with Gasteiger partial charge in [0, 0.05) is 62.8 Å². The molecule has 0 unspecified atom stereocenters. The first-order chi connectivity index (χ1) is 24.7. The molecule has 0 atom stereocenters. The number of benzene rings is 5. The van der Waals surface area contributed by atoms with Crippen molar-refractivity contribution in [3.8, 4) is 44.8 Å². The molecule has 232 valence electrons. The number of pyridine rings is 5. The Kier molecular flexibility index (Phi) is 6.42. The summed E-state index contributed by atoms with van der Waals surface area (Å²) < 4.78 is 0. The summed E-state index contributed by atoms with van der Waals surface area (Å²) in [4.78, 5) is 23.7. The van der Waals surface area contributed by atoms with E-state index in [0.29, 0.717) is 0 Å². The van der Waals surface area contributed by atoms with Crippen LogP contribution in [0.1, 0.15) is 0 Å². The standard InChI is InChI=1S/C45H27N5/c1-3-35-27-46-23-20-37(35)38(5-1)42-19-13-30-10-11-33(26-43(30)50-42)32-14-17-41-34(25-32)15-18-40(49-41)29-8-6-28(7-9-29)36-21-24-48-45-39(36)16-12-31-4-2-22-47-44(31)45/h1-27H.